The molecular weight excluding hydrogens is 504 g/mol. The predicted octanol–water partition coefficient (Wildman–Crippen LogP) is 4.93. The van der Waals surface area contributed by atoms with Gasteiger partial charge in [-0.2, -0.15) is 0 Å². The van der Waals surface area contributed by atoms with Crippen molar-refractivity contribution in [3.63, 3.8) is 0 Å². The number of hydrogen-bond donors (Lipinski definition) is 1. The summed E-state index contributed by atoms with van der Waals surface area (Å²) in [4.78, 5) is 44.2. The highest BCUT2D eigenvalue weighted by molar-refractivity contribution is 8.01. The van der Waals surface area contributed by atoms with Crippen molar-refractivity contribution in [1.29, 1.82) is 0 Å². The van der Waals surface area contributed by atoms with Gasteiger partial charge in [0.25, 0.3) is 5.91 Å². The molecule has 0 unspecified atom stereocenters. The van der Waals surface area contributed by atoms with Gasteiger partial charge in [-0.3, -0.25) is 14.6 Å². The summed E-state index contributed by atoms with van der Waals surface area (Å²) in [6, 6.07) is 2.40. The van der Waals surface area contributed by atoms with Gasteiger partial charge in [0.15, 0.2) is 6.04 Å². The van der Waals surface area contributed by atoms with E-state index in [0.717, 1.165) is 16.7 Å². The second-order valence-electron chi connectivity index (χ2n) is 13.7. The third-order valence-corrected chi connectivity index (χ3v) is 8.33. The van der Waals surface area contributed by atoms with Crippen LogP contribution in [0.3, 0.4) is 0 Å². The highest BCUT2D eigenvalue weighted by Crippen LogP contribution is 2.52. The van der Waals surface area contributed by atoms with Crippen molar-refractivity contribution in [3.05, 3.63) is 28.8 Å². The van der Waals surface area contributed by atoms with Gasteiger partial charge in [-0.15, -0.1) is 11.8 Å². The molecule has 2 aliphatic rings. The van der Waals surface area contributed by atoms with Crippen molar-refractivity contribution in [2.45, 2.75) is 109 Å². The third-order valence-electron chi connectivity index (χ3n) is 6.77. The van der Waals surface area contributed by atoms with Crippen molar-refractivity contribution in [2.24, 2.45) is 10.4 Å². The fourth-order valence-corrected chi connectivity index (χ4v) is 6.20. The van der Waals surface area contributed by atoms with Gasteiger partial charge in [-0.1, -0.05) is 41.5 Å². The van der Waals surface area contributed by atoms with Gasteiger partial charge >= 0.3 is 11.9 Å². The van der Waals surface area contributed by atoms with Gasteiger partial charge in [0, 0.05) is 22.1 Å². The molecule has 2 fully saturated rings. The molecule has 0 aromatic heterocycles. The summed E-state index contributed by atoms with van der Waals surface area (Å²) >= 11 is 1.51. The topological polar surface area (TPSA) is 106 Å². The van der Waals surface area contributed by atoms with Crippen molar-refractivity contribution in [1.82, 2.24) is 4.90 Å². The van der Waals surface area contributed by atoms with Crippen LogP contribution in [0.5, 0.6) is 5.75 Å². The first-order valence-corrected chi connectivity index (χ1v) is 13.8. The van der Waals surface area contributed by atoms with E-state index in [2.05, 4.69) is 4.99 Å². The molecule has 2 saturated heterocycles. The molecule has 0 aliphatic carbocycles. The number of benzene rings is 1. The molecule has 0 saturated carbocycles. The van der Waals surface area contributed by atoms with Crippen molar-refractivity contribution in [3.8, 4) is 5.75 Å². The molecule has 1 aromatic carbocycles. The molecule has 0 radical (unpaired) electrons. The lowest BCUT2D eigenvalue weighted by Crippen LogP contribution is -2.65. The van der Waals surface area contributed by atoms with Crippen LogP contribution in [0.1, 0.15) is 92.9 Å². The number of esters is 2. The van der Waals surface area contributed by atoms with Crippen molar-refractivity contribution < 1.29 is 29.0 Å². The minimum absolute atomic E-state index is 0.246. The Morgan fingerprint density at radius 3 is 2.03 bits per heavy atom. The molecule has 9 heteroatoms. The summed E-state index contributed by atoms with van der Waals surface area (Å²) in [6.07, 6.45) is 1.69. The van der Waals surface area contributed by atoms with Gasteiger partial charge in [0.2, 0.25) is 6.79 Å². The van der Waals surface area contributed by atoms with E-state index in [-0.39, 0.29) is 27.9 Å². The number of β-lactam (4-membered cyclic amide) rings is 1. The maximum Gasteiger partial charge on any atom is 0.333 e. The van der Waals surface area contributed by atoms with Crippen LogP contribution in [-0.4, -0.2) is 63.1 Å². The molecule has 2 aliphatic heterocycles. The normalized spacial score (nSPS) is 23.3. The lowest BCUT2D eigenvalue weighted by atomic mass is 9.78. The lowest BCUT2D eigenvalue weighted by molar-refractivity contribution is -0.179. The summed E-state index contributed by atoms with van der Waals surface area (Å²) in [5.41, 5.74) is 1.17. The van der Waals surface area contributed by atoms with Crippen LogP contribution < -0.4 is 0 Å². The zero-order valence-corrected chi connectivity index (χ0v) is 25.3. The number of hydrogen-bond acceptors (Lipinski definition) is 8. The number of phenolic OH excluding ortho intramolecular Hbond substituents is 1. The summed E-state index contributed by atoms with van der Waals surface area (Å²) < 4.78 is 9.70. The Morgan fingerprint density at radius 2 is 1.55 bits per heavy atom. The first-order chi connectivity index (χ1) is 17.2. The van der Waals surface area contributed by atoms with Gasteiger partial charge in [-0.25, -0.2) is 4.79 Å². The summed E-state index contributed by atoms with van der Waals surface area (Å²) in [6.45, 7) is 20.7. The molecule has 0 bridgehead atoms. The van der Waals surface area contributed by atoms with Crippen molar-refractivity contribution in [2.75, 3.05) is 6.79 Å². The van der Waals surface area contributed by atoms with E-state index in [0.29, 0.717) is 0 Å². The fourth-order valence-electron chi connectivity index (χ4n) is 4.59. The first-order valence-electron chi connectivity index (χ1n) is 12.9. The molecule has 1 N–H and O–H groups in total. The smallest absolute Gasteiger partial charge is 0.333 e. The minimum Gasteiger partial charge on any atom is -0.507 e. The highest BCUT2D eigenvalue weighted by Gasteiger charge is 2.64. The number of aliphatic imine (C=N–C) groups is 1. The number of carbonyl (C=O) groups excluding carboxylic acids is 3. The molecular formula is C29H42N2O6S. The molecule has 38 heavy (non-hydrogen) atoms. The number of phenols is 1. The Balaban J connectivity index is 1.78. The van der Waals surface area contributed by atoms with Crippen LogP contribution in [0.15, 0.2) is 17.1 Å². The highest BCUT2D eigenvalue weighted by atomic mass is 32.2. The number of rotatable bonds is 5. The molecule has 1 aromatic rings. The SMILES string of the molecule is CC(C)(C)C(=O)OCOC(=O)[C@@H]1N2C(=O)[C@H](N=Cc3cc(C(C)(C)C)c(O)c(C(C)(C)C)c3)[C@H]2SC1(C)C. The average molecular weight is 547 g/mol. The molecule has 3 rings (SSSR count). The maximum absolute atomic E-state index is 13.2. The van der Waals surface area contributed by atoms with E-state index in [4.69, 9.17) is 9.47 Å². The molecule has 210 valence electrons. The van der Waals surface area contributed by atoms with Gasteiger partial charge in [0.1, 0.15) is 17.2 Å². The number of nitrogens with zero attached hydrogens (tertiary/aromatic N) is 2. The monoisotopic (exact) mass is 546 g/mol. The van der Waals surface area contributed by atoms with Crippen molar-refractivity contribution >= 4 is 35.8 Å². The van der Waals surface area contributed by atoms with Gasteiger partial charge in [0.05, 0.1) is 5.41 Å². The second-order valence-corrected chi connectivity index (χ2v) is 15.5. The number of thioether (sulfide) groups is 1. The number of ether oxygens (including phenoxy) is 2. The minimum atomic E-state index is -0.807. The number of carbonyl (C=O) groups is 3. The molecule has 3 atom stereocenters. The van der Waals surface area contributed by atoms with Crippen LogP contribution in [0.4, 0.5) is 0 Å². The van der Waals surface area contributed by atoms with Crippen LogP contribution in [-0.2, 0) is 34.7 Å². The Hall–Kier alpha value is -2.55. The Bertz CT molecular complexity index is 1120. The molecule has 0 spiro atoms. The zero-order chi connectivity index (χ0) is 29.0. The first kappa shape index (κ1) is 30.0. The lowest BCUT2D eigenvalue weighted by Gasteiger charge is -2.41. The van der Waals surface area contributed by atoms with Crippen LogP contribution >= 0.6 is 11.8 Å². The van der Waals surface area contributed by atoms with E-state index in [1.807, 2.05) is 67.5 Å². The fraction of sp³-hybridized carbons (Fsp3) is 0.655. The summed E-state index contributed by atoms with van der Waals surface area (Å²) in [7, 11) is 0. The molecule has 2 heterocycles. The zero-order valence-electron chi connectivity index (χ0n) is 24.5. The van der Waals surface area contributed by atoms with E-state index >= 15 is 0 Å². The summed E-state index contributed by atoms with van der Waals surface area (Å²) in [5, 5.41) is 10.7. The Labute approximate surface area is 230 Å². The van der Waals surface area contributed by atoms with E-state index in [1.54, 1.807) is 27.0 Å². The predicted molar refractivity (Wildman–Crippen MR) is 149 cm³/mol. The number of amides is 1. The van der Waals surface area contributed by atoms with Crippen LogP contribution in [0, 0.1) is 5.41 Å². The quantitative estimate of drug-likeness (QED) is 0.242. The average Bonchev–Trinajstić information content (AvgIpc) is 2.99. The number of aromatic hydroxyl groups is 1. The van der Waals surface area contributed by atoms with E-state index in [1.165, 1.54) is 16.7 Å². The Morgan fingerprint density at radius 1 is 1.03 bits per heavy atom. The van der Waals surface area contributed by atoms with Gasteiger partial charge < -0.3 is 19.5 Å². The molecule has 1 amide bonds. The van der Waals surface area contributed by atoms with E-state index < -0.39 is 41.0 Å². The third kappa shape index (κ3) is 5.87. The van der Waals surface area contributed by atoms with Crippen LogP contribution in [0.25, 0.3) is 0 Å². The maximum atomic E-state index is 13.2. The standard InChI is InChI=1S/C29H42N2O6S/c1-26(2,3)17-12-16(13-18(20(17)32)27(4,5)6)14-30-19-22(33)31-21(29(10,11)38-23(19)31)24(34)36-15-37-25(35)28(7,8)9/h12-14,19,21,23,32H,15H2,1-11H3/t19-,21-,23+/m0/s1. The summed E-state index contributed by atoms with van der Waals surface area (Å²) in [5.74, 6) is -1.04. The number of fused-ring (bicyclic) bond motifs is 1. The Kier molecular flexibility index (Phi) is 7.80. The molecule has 8 nitrogen and oxygen atoms in total. The van der Waals surface area contributed by atoms with E-state index in [9.17, 15) is 19.5 Å². The largest absolute Gasteiger partial charge is 0.507 e. The second kappa shape index (κ2) is 9.88. The van der Waals surface area contributed by atoms with Gasteiger partial charge in [-0.05, 0) is 63.1 Å². The van der Waals surface area contributed by atoms with Crippen LogP contribution in [0.2, 0.25) is 0 Å².